The molecule has 6 heterocycles. The van der Waals surface area contributed by atoms with Gasteiger partial charge in [-0.25, -0.2) is 4.18 Å². The highest BCUT2D eigenvalue weighted by Crippen LogP contribution is 2.75. The lowest BCUT2D eigenvalue weighted by Gasteiger charge is -2.63. The first-order valence-corrected chi connectivity index (χ1v) is 32.2. The Hall–Kier alpha value is -2.39. The van der Waals surface area contributed by atoms with Gasteiger partial charge in [-0.2, -0.15) is 8.42 Å². The fourth-order valence-corrected chi connectivity index (χ4v) is 17.7. The quantitative estimate of drug-likeness (QED) is 0.0381. The summed E-state index contributed by atoms with van der Waals surface area (Å²) in [6, 6.07) is 0. The molecule has 30 heteroatoms. The number of cyclic esters (lactones) is 1. The number of allylic oxidation sites excluding steroid dienone is 3. The molecule has 0 aromatic carbocycles. The fourth-order valence-electron chi connectivity index (χ4n) is 17.2. The van der Waals surface area contributed by atoms with E-state index in [0.29, 0.717) is 38.5 Å². The molecule has 3 saturated carbocycles. The van der Waals surface area contributed by atoms with E-state index in [1.807, 2.05) is 27.7 Å². The summed E-state index contributed by atoms with van der Waals surface area (Å²) in [5.41, 5.74) is -1.74. The minimum Gasteiger partial charge on any atom is -0.458 e. The molecule has 0 aromatic heterocycles. The van der Waals surface area contributed by atoms with E-state index in [2.05, 4.69) is 26.5 Å². The summed E-state index contributed by atoms with van der Waals surface area (Å²) in [5, 5.41) is 122. The van der Waals surface area contributed by atoms with Crippen LogP contribution in [0.2, 0.25) is 0 Å². The minimum absolute atomic E-state index is 0.0253. The minimum atomic E-state index is -5.27. The summed E-state index contributed by atoms with van der Waals surface area (Å²) in [5.74, 6) is -0.982. The number of carbonyl (C=O) groups is 2. The second-order valence-corrected chi connectivity index (χ2v) is 28.7. The van der Waals surface area contributed by atoms with Gasteiger partial charge in [0.1, 0.15) is 115 Å². The van der Waals surface area contributed by atoms with Gasteiger partial charge >= 0.3 is 16.4 Å². The van der Waals surface area contributed by atoms with Crippen LogP contribution in [-0.4, -0.2) is 267 Å². The van der Waals surface area contributed by atoms with Gasteiger partial charge in [-0.05, 0) is 94.8 Å². The van der Waals surface area contributed by atoms with E-state index < -0.39 is 212 Å². The van der Waals surface area contributed by atoms with Crippen molar-refractivity contribution >= 4 is 22.2 Å². The molecule has 10 rings (SSSR count). The highest BCUT2D eigenvalue weighted by Gasteiger charge is 2.79. The number of esters is 1. The van der Waals surface area contributed by atoms with Crippen LogP contribution in [0.4, 0.5) is 0 Å². The Morgan fingerprint density at radius 2 is 1.28 bits per heavy atom. The van der Waals surface area contributed by atoms with Crippen LogP contribution in [0.5, 0.6) is 0 Å². The van der Waals surface area contributed by atoms with Crippen LogP contribution in [0, 0.1) is 39.4 Å². The largest absolute Gasteiger partial charge is 0.458 e. The molecule has 1 spiro atoms. The monoisotopic (exact) mass is 1300 g/mol. The zero-order valence-corrected chi connectivity index (χ0v) is 52.1. The Morgan fingerprint density at radius 1 is 0.685 bits per heavy atom. The van der Waals surface area contributed by atoms with Crippen LogP contribution in [-0.2, 0) is 81.0 Å². The first-order valence-electron chi connectivity index (χ1n) is 30.8. The molecule has 6 saturated heterocycles. The molecule has 508 valence electrons. The van der Waals surface area contributed by atoms with Crippen molar-refractivity contribution in [2.75, 3.05) is 33.5 Å². The van der Waals surface area contributed by atoms with Gasteiger partial charge in [-0.3, -0.25) is 14.1 Å². The number of hydrogen-bond acceptors (Lipinski definition) is 28. The van der Waals surface area contributed by atoms with E-state index in [1.165, 1.54) is 6.92 Å². The average molecular weight is 1300 g/mol. The maximum absolute atomic E-state index is 14.5. The second-order valence-electron chi connectivity index (χ2n) is 27.6. The third kappa shape index (κ3) is 12.2. The van der Waals surface area contributed by atoms with Crippen molar-refractivity contribution in [3.63, 3.8) is 0 Å². The maximum Gasteiger partial charge on any atom is 0.397 e. The number of carbonyl (C=O) groups excluding carboxylic acids is 2. The van der Waals surface area contributed by atoms with Crippen molar-refractivity contribution in [1.82, 2.24) is 0 Å². The van der Waals surface area contributed by atoms with Crippen LogP contribution < -0.4 is 0 Å². The van der Waals surface area contributed by atoms with Crippen molar-refractivity contribution in [3.8, 4) is 0 Å². The van der Waals surface area contributed by atoms with Gasteiger partial charge in [0.25, 0.3) is 0 Å². The van der Waals surface area contributed by atoms with Crippen molar-refractivity contribution in [2.45, 2.75) is 259 Å². The topological polar surface area (TPSA) is 431 Å². The molecule has 4 aliphatic carbocycles. The summed E-state index contributed by atoms with van der Waals surface area (Å²) in [4.78, 5) is 28.9. The lowest BCUT2D eigenvalue weighted by molar-refractivity contribution is -0.403. The molecule has 0 radical (unpaired) electrons. The molecule has 9 fully saturated rings. The van der Waals surface area contributed by atoms with Crippen molar-refractivity contribution in [3.05, 3.63) is 23.8 Å². The Bertz CT molecular complexity index is 2700. The third-order valence-corrected chi connectivity index (χ3v) is 22.3. The molecular weight excluding hydrogens is 1200 g/mol. The van der Waals surface area contributed by atoms with Gasteiger partial charge in [-0.1, -0.05) is 44.9 Å². The highest BCUT2D eigenvalue weighted by atomic mass is 32.3. The molecular formula is C59H92O29S. The smallest absolute Gasteiger partial charge is 0.397 e. The van der Waals surface area contributed by atoms with Crippen LogP contribution in [0.1, 0.15) is 106 Å². The Balaban J connectivity index is 0.908. The number of ether oxygens (including phenoxy) is 12. The number of fused-ring (bicyclic) bond motifs is 4. The standard InChI is InChI=1S/C59H92O29S/c1-24(2)11-10-16-58(8)48-28(62)19-57(7)27-12-13-33-55(4,5)34(15-17-56(33,6)26(27)14-18-59(48,57)54(72)87-58)82-52-46(38(67)32(23-78-52)88-89(73,74)75)86-53-47(85-49-39(68)35(64)29(63)22-77-49)40(69)43(25(3)79-53)83-51-42(71)45(37(66)31(21-61)81-51)84-50-41(70)44(76-9)36(65)30(20-60)80-50/h12,25-26,29-53,60-61,63-71H,1,10-11,13-23H2,2-9H3,(H,73,74,75). The van der Waals surface area contributed by atoms with Gasteiger partial charge in [0, 0.05) is 18.9 Å². The molecule has 0 aromatic rings. The zero-order chi connectivity index (χ0) is 65.0. The summed E-state index contributed by atoms with van der Waals surface area (Å²) in [6.45, 7) is 14.7. The normalized spacial score (nSPS) is 50.7. The maximum atomic E-state index is 14.5. The Labute approximate surface area is 516 Å². The summed E-state index contributed by atoms with van der Waals surface area (Å²) in [6.07, 6.45) is -34.4. The Kier molecular flexibility index (Phi) is 20.3. The predicted molar refractivity (Wildman–Crippen MR) is 298 cm³/mol. The van der Waals surface area contributed by atoms with E-state index in [9.17, 15) is 78.7 Å². The van der Waals surface area contributed by atoms with E-state index in [0.717, 1.165) is 31.1 Å². The lowest BCUT2D eigenvalue weighted by Crippen LogP contribution is -2.68. The molecule has 10 aliphatic rings. The number of Topliss-reactive ketones (excluding diaryl/α,β-unsaturated/α-hetero) is 1. The summed E-state index contributed by atoms with van der Waals surface area (Å²) >= 11 is 0. The number of ketones is 1. The van der Waals surface area contributed by atoms with Crippen LogP contribution in [0.15, 0.2) is 23.8 Å². The molecule has 12 N–H and O–H groups in total. The van der Waals surface area contributed by atoms with Crippen molar-refractivity contribution < 1.29 is 140 Å². The lowest BCUT2D eigenvalue weighted by atomic mass is 9.41. The van der Waals surface area contributed by atoms with E-state index >= 15 is 0 Å². The van der Waals surface area contributed by atoms with Crippen molar-refractivity contribution in [1.29, 1.82) is 0 Å². The second kappa shape index (κ2) is 26.0. The number of methoxy groups -OCH3 is 1. The number of rotatable bonds is 19. The van der Waals surface area contributed by atoms with Gasteiger partial charge < -0.3 is 113 Å². The van der Waals surface area contributed by atoms with E-state index in [-0.39, 0.29) is 35.4 Å². The highest BCUT2D eigenvalue weighted by molar-refractivity contribution is 7.80. The van der Waals surface area contributed by atoms with Gasteiger partial charge in [0.15, 0.2) is 31.5 Å². The third-order valence-electron chi connectivity index (χ3n) is 21.8. The SMILES string of the molecule is C=C(C)CCCC1(C)OC(=O)C23CCC4C(=CCC5C(C)(C)C(OC6OCC(OS(=O)(=O)O)C(O)C6OC6OC(C)C(OC7OC(CO)C(O)C(OC8OC(CO)C(O)C(OC)C8O)C7O)C(O)C6OC6OCC(O)C(O)C6O)CCC45C)C2(C)CC(=O)C13. The first-order chi connectivity index (χ1) is 41.7. The number of aliphatic hydroxyl groups excluding tert-OH is 11. The molecule has 6 aliphatic heterocycles. The fraction of sp³-hybridized carbons (Fsp3) is 0.898. The van der Waals surface area contributed by atoms with Crippen LogP contribution in [0.3, 0.4) is 0 Å². The predicted octanol–water partition coefficient (Wildman–Crippen LogP) is -1.92. The van der Waals surface area contributed by atoms with Crippen LogP contribution >= 0.6 is 0 Å². The van der Waals surface area contributed by atoms with Crippen LogP contribution in [0.25, 0.3) is 0 Å². The van der Waals surface area contributed by atoms with Gasteiger partial charge in [-0.15, -0.1) is 6.58 Å². The zero-order valence-electron chi connectivity index (χ0n) is 51.3. The molecule has 89 heavy (non-hydrogen) atoms. The molecule has 0 bridgehead atoms. The number of aliphatic hydroxyl groups is 11. The molecule has 31 atom stereocenters. The molecule has 0 amide bonds. The van der Waals surface area contributed by atoms with Crippen molar-refractivity contribution in [2.24, 2.45) is 39.4 Å². The van der Waals surface area contributed by atoms with E-state index in [1.54, 1.807) is 0 Å². The van der Waals surface area contributed by atoms with Gasteiger partial charge in [0.05, 0.1) is 50.0 Å². The number of hydrogen-bond donors (Lipinski definition) is 12. The Morgan fingerprint density at radius 3 is 1.91 bits per heavy atom. The molecule has 31 unspecified atom stereocenters. The van der Waals surface area contributed by atoms with E-state index in [4.69, 9.17) is 61.0 Å². The summed E-state index contributed by atoms with van der Waals surface area (Å²) < 4.78 is 112. The average Bonchev–Trinajstić information content (AvgIpc) is 1.53. The molecule has 29 nitrogen and oxygen atoms in total. The summed E-state index contributed by atoms with van der Waals surface area (Å²) in [7, 11) is -4.11. The van der Waals surface area contributed by atoms with Gasteiger partial charge in [0.2, 0.25) is 0 Å². The first kappa shape index (κ1) is 69.4.